The molecule has 0 aliphatic rings. The number of halogens is 3. The molecule has 19 heavy (non-hydrogen) atoms. The van der Waals surface area contributed by atoms with E-state index in [2.05, 4.69) is 47.8 Å². The van der Waals surface area contributed by atoms with Crippen molar-refractivity contribution in [3.8, 4) is 11.5 Å². The average Bonchev–Trinajstić information content (AvgIpc) is 2.83. The van der Waals surface area contributed by atoms with Crippen molar-refractivity contribution in [3.05, 3.63) is 44.7 Å². The van der Waals surface area contributed by atoms with Gasteiger partial charge in [0.1, 0.15) is 16.0 Å². The Hall–Kier alpha value is -0.460. The molecule has 2 rings (SSSR count). The normalized spacial score (nSPS) is 12.3. The van der Waals surface area contributed by atoms with Crippen molar-refractivity contribution >= 4 is 47.8 Å². The van der Waals surface area contributed by atoms with Crippen LogP contribution in [0.4, 0.5) is 0 Å². The van der Waals surface area contributed by atoms with Crippen LogP contribution in [0.2, 0.25) is 0 Å². The molecule has 0 saturated carbocycles. The molecule has 1 aromatic heterocycles. The smallest absolute Gasteiger partial charge is 0.173 e. The highest BCUT2D eigenvalue weighted by molar-refractivity contribution is 9.11. The summed E-state index contributed by atoms with van der Waals surface area (Å²) in [5, 5.41) is 0. The number of hydrogen-bond acceptors (Lipinski definition) is 3. The van der Waals surface area contributed by atoms with Crippen molar-refractivity contribution in [2.45, 2.75) is 4.83 Å². The SMILES string of the molecule is COc1ccc(C(Br)c2ccoc2Br)c(OC)c1Br. The molecule has 0 spiro atoms. The van der Waals surface area contributed by atoms with Gasteiger partial charge >= 0.3 is 0 Å². The van der Waals surface area contributed by atoms with E-state index in [4.69, 9.17) is 13.9 Å². The Morgan fingerprint density at radius 3 is 2.32 bits per heavy atom. The van der Waals surface area contributed by atoms with Crippen LogP contribution in [0.3, 0.4) is 0 Å². The number of hydrogen-bond donors (Lipinski definition) is 0. The van der Waals surface area contributed by atoms with Crippen LogP contribution in [-0.2, 0) is 0 Å². The van der Waals surface area contributed by atoms with Crippen molar-refractivity contribution in [3.63, 3.8) is 0 Å². The Balaban J connectivity index is 2.51. The van der Waals surface area contributed by atoms with E-state index in [0.717, 1.165) is 27.1 Å². The number of alkyl halides is 1. The van der Waals surface area contributed by atoms with Crippen molar-refractivity contribution < 1.29 is 13.9 Å². The van der Waals surface area contributed by atoms with Crippen molar-refractivity contribution in [1.82, 2.24) is 0 Å². The summed E-state index contributed by atoms with van der Waals surface area (Å²) in [4.78, 5) is -0.0437. The molecule has 6 heteroatoms. The molecular formula is C13H11Br3O3. The van der Waals surface area contributed by atoms with E-state index in [1.807, 2.05) is 18.2 Å². The lowest BCUT2D eigenvalue weighted by molar-refractivity contribution is 0.386. The predicted octanol–water partition coefficient (Wildman–Crippen LogP) is 5.31. The molecule has 0 aliphatic carbocycles. The quantitative estimate of drug-likeness (QED) is 0.587. The zero-order valence-corrected chi connectivity index (χ0v) is 15.0. The van der Waals surface area contributed by atoms with Crippen LogP contribution in [-0.4, -0.2) is 14.2 Å². The summed E-state index contributed by atoms with van der Waals surface area (Å²) in [7, 11) is 3.25. The van der Waals surface area contributed by atoms with Crippen LogP contribution < -0.4 is 9.47 Å². The number of benzene rings is 1. The second-order valence-corrected chi connectivity index (χ2v) is 6.15. The van der Waals surface area contributed by atoms with Crippen LogP contribution in [0.5, 0.6) is 11.5 Å². The molecule has 0 aliphatic heterocycles. The summed E-state index contributed by atoms with van der Waals surface area (Å²) >= 11 is 10.5. The van der Waals surface area contributed by atoms with Gasteiger partial charge in [-0.25, -0.2) is 0 Å². The Kier molecular flexibility index (Phi) is 4.97. The molecule has 0 bridgehead atoms. The summed E-state index contributed by atoms with van der Waals surface area (Å²) in [5.41, 5.74) is 1.98. The van der Waals surface area contributed by atoms with E-state index in [9.17, 15) is 0 Å². The summed E-state index contributed by atoms with van der Waals surface area (Å²) in [5.74, 6) is 1.46. The van der Waals surface area contributed by atoms with Crippen LogP contribution >= 0.6 is 47.8 Å². The Labute approximate surface area is 136 Å². The van der Waals surface area contributed by atoms with Gasteiger partial charge in [-0.15, -0.1) is 0 Å². The molecule has 1 atom stereocenters. The molecule has 0 fully saturated rings. The van der Waals surface area contributed by atoms with Gasteiger partial charge in [-0.05, 0) is 44.0 Å². The second kappa shape index (κ2) is 6.33. The van der Waals surface area contributed by atoms with Gasteiger partial charge in [-0.1, -0.05) is 22.0 Å². The molecular weight excluding hydrogens is 444 g/mol. The number of furan rings is 1. The van der Waals surface area contributed by atoms with Crippen LogP contribution in [0.15, 0.2) is 38.0 Å². The highest BCUT2D eigenvalue weighted by atomic mass is 79.9. The third kappa shape index (κ3) is 2.85. The molecule has 3 nitrogen and oxygen atoms in total. The Morgan fingerprint density at radius 1 is 1.05 bits per heavy atom. The zero-order chi connectivity index (χ0) is 14.0. The third-order valence-corrected chi connectivity index (χ3v) is 5.09. The van der Waals surface area contributed by atoms with Gasteiger partial charge < -0.3 is 13.9 Å². The molecule has 1 heterocycles. The zero-order valence-electron chi connectivity index (χ0n) is 10.2. The maximum absolute atomic E-state index is 5.47. The lowest BCUT2D eigenvalue weighted by atomic mass is 10.1. The largest absolute Gasteiger partial charge is 0.495 e. The highest BCUT2D eigenvalue weighted by Crippen LogP contribution is 2.45. The summed E-state index contributed by atoms with van der Waals surface area (Å²) in [6.45, 7) is 0. The number of rotatable bonds is 4. The third-order valence-electron chi connectivity index (χ3n) is 2.71. The molecule has 0 radical (unpaired) electrons. The van der Waals surface area contributed by atoms with Gasteiger partial charge in [0.25, 0.3) is 0 Å². The van der Waals surface area contributed by atoms with Gasteiger partial charge in [-0.2, -0.15) is 0 Å². The maximum atomic E-state index is 5.47. The minimum Gasteiger partial charge on any atom is -0.495 e. The fourth-order valence-electron chi connectivity index (χ4n) is 1.77. The summed E-state index contributed by atoms with van der Waals surface area (Å²) in [6, 6.07) is 5.76. The minimum atomic E-state index is -0.0437. The molecule has 1 aromatic carbocycles. The van der Waals surface area contributed by atoms with E-state index in [0.29, 0.717) is 4.67 Å². The average molecular weight is 455 g/mol. The van der Waals surface area contributed by atoms with E-state index in [1.165, 1.54) is 0 Å². The number of ether oxygens (including phenoxy) is 2. The first-order valence-electron chi connectivity index (χ1n) is 5.37. The van der Waals surface area contributed by atoms with Crippen molar-refractivity contribution in [2.24, 2.45) is 0 Å². The lowest BCUT2D eigenvalue weighted by Crippen LogP contribution is -1.99. The first-order chi connectivity index (χ1) is 9.10. The fraction of sp³-hybridized carbons (Fsp3) is 0.231. The Bertz CT molecular complexity index is 581. The highest BCUT2D eigenvalue weighted by Gasteiger charge is 2.22. The first-order valence-corrected chi connectivity index (χ1v) is 7.87. The number of methoxy groups -OCH3 is 2. The lowest BCUT2D eigenvalue weighted by Gasteiger charge is -2.16. The molecule has 0 N–H and O–H groups in total. The van der Waals surface area contributed by atoms with E-state index in [-0.39, 0.29) is 4.83 Å². The van der Waals surface area contributed by atoms with Gasteiger partial charge in [0.2, 0.25) is 0 Å². The van der Waals surface area contributed by atoms with E-state index >= 15 is 0 Å². The molecule has 2 aromatic rings. The molecule has 0 saturated heterocycles. The van der Waals surface area contributed by atoms with Crippen molar-refractivity contribution in [2.75, 3.05) is 14.2 Å². The fourth-order valence-corrected chi connectivity index (χ4v) is 3.95. The van der Waals surface area contributed by atoms with Gasteiger partial charge in [0, 0.05) is 11.1 Å². The van der Waals surface area contributed by atoms with Gasteiger partial charge in [0.15, 0.2) is 4.67 Å². The topological polar surface area (TPSA) is 31.6 Å². The molecule has 102 valence electrons. The van der Waals surface area contributed by atoms with Crippen molar-refractivity contribution in [1.29, 1.82) is 0 Å². The second-order valence-electron chi connectivity index (χ2n) is 3.72. The van der Waals surface area contributed by atoms with Crippen LogP contribution in [0, 0.1) is 0 Å². The standard InChI is InChI=1S/C13H11Br3O3/c1-17-9-4-3-7(12(18-2)11(9)15)10(14)8-5-6-19-13(8)16/h3-6,10H,1-2H3. The van der Waals surface area contributed by atoms with Gasteiger partial charge in [0.05, 0.1) is 25.3 Å². The monoisotopic (exact) mass is 452 g/mol. The molecule has 1 unspecified atom stereocenters. The van der Waals surface area contributed by atoms with Crippen LogP contribution in [0.25, 0.3) is 0 Å². The van der Waals surface area contributed by atoms with Gasteiger partial charge in [-0.3, -0.25) is 0 Å². The Morgan fingerprint density at radius 2 is 1.79 bits per heavy atom. The summed E-state index contributed by atoms with van der Waals surface area (Å²) in [6.07, 6.45) is 1.64. The van der Waals surface area contributed by atoms with E-state index in [1.54, 1.807) is 20.5 Å². The minimum absolute atomic E-state index is 0.0437. The predicted molar refractivity (Wildman–Crippen MR) is 84.4 cm³/mol. The maximum Gasteiger partial charge on any atom is 0.173 e. The molecule has 0 amide bonds. The van der Waals surface area contributed by atoms with Crippen LogP contribution in [0.1, 0.15) is 16.0 Å². The summed E-state index contributed by atoms with van der Waals surface area (Å²) < 4.78 is 17.5. The van der Waals surface area contributed by atoms with E-state index < -0.39 is 0 Å². The first kappa shape index (κ1) is 14.9.